The third-order valence-electron chi connectivity index (χ3n) is 6.41. The lowest BCUT2D eigenvalue weighted by molar-refractivity contribution is 0.0940. The molecule has 3 nitrogen and oxygen atoms in total. The highest BCUT2D eigenvalue weighted by molar-refractivity contribution is 5.94. The second kappa shape index (κ2) is 10.6. The molecule has 4 rings (SSSR count). The molecule has 1 heterocycles. The van der Waals surface area contributed by atoms with Crippen molar-refractivity contribution >= 4 is 5.91 Å². The molecule has 1 saturated heterocycles. The van der Waals surface area contributed by atoms with E-state index < -0.39 is 0 Å². The van der Waals surface area contributed by atoms with Gasteiger partial charge in [0.2, 0.25) is 0 Å². The molecule has 0 aliphatic carbocycles. The summed E-state index contributed by atoms with van der Waals surface area (Å²) in [5.74, 6) is 0.376. The highest BCUT2D eigenvalue weighted by Gasteiger charge is 2.19. The highest BCUT2D eigenvalue weighted by Crippen LogP contribution is 2.23. The number of piperidine rings is 1. The quantitative estimate of drug-likeness (QED) is 0.516. The van der Waals surface area contributed by atoms with Crippen molar-refractivity contribution in [2.24, 2.45) is 5.92 Å². The van der Waals surface area contributed by atoms with E-state index in [1.807, 2.05) is 31.2 Å². The molecule has 0 radical (unpaired) electrons. The Morgan fingerprint density at radius 1 is 0.938 bits per heavy atom. The molecule has 0 spiro atoms. The zero-order chi connectivity index (χ0) is 22.3. The Kier molecular flexibility index (Phi) is 7.33. The van der Waals surface area contributed by atoms with Crippen LogP contribution in [0.25, 0.3) is 0 Å². The Balaban J connectivity index is 1.25. The van der Waals surface area contributed by atoms with Gasteiger partial charge < -0.3 is 5.32 Å². The number of amides is 1. The fourth-order valence-electron chi connectivity index (χ4n) is 4.43. The fourth-order valence-corrected chi connectivity index (χ4v) is 4.43. The number of rotatable bonds is 7. The lowest BCUT2D eigenvalue weighted by Gasteiger charge is -2.32. The SMILES string of the molecule is CC(NC(=O)c1ccc(CN2CCC(Cc3ccccc3)CC2)cc1)c1ccc(F)cc1. The highest BCUT2D eigenvalue weighted by atomic mass is 19.1. The third kappa shape index (κ3) is 6.04. The summed E-state index contributed by atoms with van der Waals surface area (Å²) in [7, 11) is 0. The van der Waals surface area contributed by atoms with Gasteiger partial charge in [-0.05, 0) is 86.1 Å². The van der Waals surface area contributed by atoms with Crippen LogP contribution in [0.5, 0.6) is 0 Å². The summed E-state index contributed by atoms with van der Waals surface area (Å²) in [6.07, 6.45) is 3.64. The van der Waals surface area contributed by atoms with Gasteiger partial charge in [0.1, 0.15) is 5.82 Å². The minimum Gasteiger partial charge on any atom is -0.346 e. The van der Waals surface area contributed by atoms with Crippen LogP contribution < -0.4 is 5.32 Å². The third-order valence-corrected chi connectivity index (χ3v) is 6.41. The van der Waals surface area contributed by atoms with Gasteiger partial charge in [0.25, 0.3) is 5.91 Å². The van der Waals surface area contributed by atoms with E-state index in [1.54, 1.807) is 12.1 Å². The smallest absolute Gasteiger partial charge is 0.251 e. The predicted molar refractivity (Wildman–Crippen MR) is 127 cm³/mol. The molecule has 1 fully saturated rings. The largest absolute Gasteiger partial charge is 0.346 e. The van der Waals surface area contributed by atoms with Gasteiger partial charge in [0.05, 0.1) is 6.04 Å². The molecule has 0 saturated carbocycles. The molecule has 0 aromatic heterocycles. The summed E-state index contributed by atoms with van der Waals surface area (Å²) in [6, 6.07) is 24.7. The first-order chi connectivity index (χ1) is 15.6. The Labute approximate surface area is 190 Å². The summed E-state index contributed by atoms with van der Waals surface area (Å²) >= 11 is 0. The molecule has 3 aromatic rings. The molecular weight excluding hydrogens is 399 g/mol. The molecule has 1 N–H and O–H groups in total. The van der Waals surface area contributed by atoms with Gasteiger partial charge in [0.15, 0.2) is 0 Å². The Bertz CT molecular complexity index is 994. The second-order valence-corrected chi connectivity index (χ2v) is 8.85. The van der Waals surface area contributed by atoms with Crippen molar-refractivity contribution in [2.75, 3.05) is 13.1 Å². The van der Waals surface area contributed by atoms with E-state index in [4.69, 9.17) is 0 Å². The van der Waals surface area contributed by atoms with E-state index in [9.17, 15) is 9.18 Å². The van der Waals surface area contributed by atoms with Crippen LogP contribution in [-0.4, -0.2) is 23.9 Å². The Morgan fingerprint density at radius 2 is 1.59 bits per heavy atom. The molecule has 32 heavy (non-hydrogen) atoms. The van der Waals surface area contributed by atoms with E-state index in [-0.39, 0.29) is 17.8 Å². The minimum absolute atomic E-state index is 0.116. The van der Waals surface area contributed by atoms with Gasteiger partial charge in [-0.1, -0.05) is 54.6 Å². The maximum atomic E-state index is 13.1. The first kappa shape index (κ1) is 22.2. The van der Waals surface area contributed by atoms with Gasteiger partial charge in [-0.15, -0.1) is 0 Å². The van der Waals surface area contributed by atoms with Crippen LogP contribution in [0.1, 0.15) is 52.9 Å². The number of nitrogens with one attached hydrogen (secondary N) is 1. The molecule has 1 atom stereocenters. The number of benzene rings is 3. The van der Waals surface area contributed by atoms with E-state index >= 15 is 0 Å². The van der Waals surface area contributed by atoms with Gasteiger partial charge >= 0.3 is 0 Å². The first-order valence-electron chi connectivity index (χ1n) is 11.5. The fraction of sp³-hybridized carbons (Fsp3) is 0.321. The number of halogens is 1. The van der Waals surface area contributed by atoms with Crippen molar-refractivity contribution in [3.05, 3.63) is 107 Å². The monoisotopic (exact) mass is 430 g/mol. The van der Waals surface area contributed by atoms with Crippen LogP contribution in [0.3, 0.4) is 0 Å². The molecule has 1 unspecified atom stereocenters. The van der Waals surface area contributed by atoms with Crippen LogP contribution in [0.4, 0.5) is 4.39 Å². The molecule has 4 heteroatoms. The zero-order valence-corrected chi connectivity index (χ0v) is 18.6. The predicted octanol–water partition coefficient (Wildman–Crippen LogP) is 5.77. The zero-order valence-electron chi connectivity index (χ0n) is 18.6. The summed E-state index contributed by atoms with van der Waals surface area (Å²) in [4.78, 5) is 15.1. The van der Waals surface area contributed by atoms with Crippen molar-refractivity contribution < 1.29 is 9.18 Å². The van der Waals surface area contributed by atoms with Gasteiger partial charge in [0, 0.05) is 12.1 Å². The van der Waals surface area contributed by atoms with Gasteiger partial charge in [-0.25, -0.2) is 4.39 Å². The summed E-state index contributed by atoms with van der Waals surface area (Å²) in [5.41, 5.74) is 4.19. The van der Waals surface area contributed by atoms with E-state index in [0.29, 0.717) is 5.56 Å². The summed E-state index contributed by atoms with van der Waals surface area (Å²) in [5, 5.41) is 2.99. The average Bonchev–Trinajstić information content (AvgIpc) is 2.82. The summed E-state index contributed by atoms with van der Waals surface area (Å²) < 4.78 is 13.1. The molecular formula is C28H31FN2O. The standard InChI is InChI=1S/C28H31FN2O/c1-21(25-11-13-27(29)14-12-25)30-28(32)26-9-7-24(8-10-26)20-31-17-15-23(16-18-31)19-22-5-3-2-4-6-22/h2-14,21,23H,15-20H2,1H3,(H,30,32). The Hall–Kier alpha value is -2.98. The lowest BCUT2D eigenvalue weighted by atomic mass is 9.90. The number of hydrogen-bond acceptors (Lipinski definition) is 2. The van der Waals surface area contributed by atoms with Crippen molar-refractivity contribution in [3.8, 4) is 0 Å². The second-order valence-electron chi connectivity index (χ2n) is 8.85. The first-order valence-corrected chi connectivity index (χ1v) is 11.5. The van der Waals surface area contributed by atoms with Crippen molar-refractivity contribution in [2.45, 2.75) is 38.8 Å². The molecule has 166 valence electrons. The maximum absolute atomic E-state index is 13.1. The van der Waals surface area contributed by atoms with Gasteiger partial charge in [-0.2, -0.15) is 0 Å². The minimum atomic E-state index is -0.275. The summed E-state index contributed by atoms with van der Waals surface area (Å²) in [6.45, 7) is 5.07. The average molecular weight is 431 g/mol. The van der Waals surface area contributed by atoms with Crippen LogP contribution in [-0.2, 0) is 13.0 Å². The molecule has 1 aliphatic rings. The molecule has 0 bridgehead atoms. The van der Waals surface area contributed by atoms with E-state index in [0.717, 1.165) is 31.1 Å². The van der Waals surface area contributed by atoms with Crippen LogP contribution in [0.15, 0.2) is 78.9 Å². The number of likely N-dealkylation sites (tertiary alicyclic amines) is 1. The lowest BCUT2D eigenvalue weighted by Crippen LogP contribution is -2.33. The molecule has 1 aliphatic heterocycles. The maximum Gasteiger partial charge on any atom is 0.251 e. The Morgan fingerprint density at radius 3 is 2.25 bits per heavy atom. The van der Waals surface area contributed by atoms with Gasteiger partial charge in [-0.3, -0.25) is 9.69 Å². The van der Waals surface area contributed by atoms with Crippen molar-refractivity contribution in [3.63, 3.8) is 0 Å². The van der Waals surface area contributed by atoms with Crippen molar-refractivity contribution in [1.82, 2.24) is 10.2 Å². The van der Waals surface area contributed by atoms with E-state index in [1.165, 1.54) is 42.5 Å². The molecule has 3 aromatic carbocycles. The number of carbonyl (C=O) groups excluding carboxylic acids is 1. The van der Waals surface area contributed by atoms with E-state index in [2.05, 4.69) is 40.5 Å². The van der Waals surface area contributed by atoms with Crippen LogP contribution in [0, 0.1) is 11.7 Å². The number of nitrogens with zero attached hydrogens (tertiary/aromatic N) is 1. The normalized spacial score (nSPS) is 15.9. The molecule has 1 amide bonds. The topological polar surface area (TPSA) is 32.3 Å². The number of carbonyl (C=O) groups is 1. The number of hydrogen-bond donors (Lipinski definition) is 1. The van der Waals surface area contributed by atoms with Crippen LogP contribution in [0.2, 0.25) is 0 Å². The van der Waals surface area contributed by atoms with Crippen molar-refractivity contribution in [1.29, 1.82) is 0 Å². The van der Waals surface area contributed by atoms with Crippen LogP contribution >= 0.6 is 0 Å².